The van der Waals surface area contributed by atoms with Crippen molar-refractivity contribution < 1.29 is 22.7 Å². The van der Waals surface area contributed by atoms with Crippen LogP contribution in [0.15, 0.2) is 36.5 Å². The maximum Gasteiger partial charge on any atom is 0.435 e. The number of amides is 1. The molecule has 0 bridgehead atoms. The number of ether oxygens (including phenoxy) is 1. The molecule has 1 aromatic heterocycles. The number of alkyl halides is 3. The molecule has 0 aliphatic carbocycles. The summed E-state index contributed by atoms with van der Waals surface area (Å²) in [5.41, 5.74) is 0.179. The van der Waals surface area contributed by atoms with Crippen LogP contribution in [0.4, 0.5) is 13.2 Å². The van der Waals surface area contributed by atoms with Crippen LogP contribution in [0.2, 0.25) is 0 Å². The predicted octanol–water partition coefficient (Wildman–Crippen LogP) is 2.65. The van der Waals surface area contributed by atoms with Gasteiger partial charge in [0, 0.05) is 38.9 Å². The molecule has 1 saturated heterocycles. The van der Waals surface area contributed by atoms with Gasteiger partial charge in [-0.15, -0.1) is 0 Å². The van der Waals surface area contributed by atoms with Crippen LogP contribution >= 0.6 is 0 Å². The van der Waals surface area contributed by atoms with Gasteiger partial charge in [0.1, 0.15) is 12.3 Å². The smallest absolute Gasteiger partial charge is 0.435 e. The van der Waals surface area contributed by atoms with E-state index in [1.54, 1.807) is 12.0 Å². The highest BCUT2D eigenvalue weighted by molar-refractivity contribution is 5.75. The summed E-state index contributed by atoms with van der Waals surface area (Å²) in [6.45, 7) is 3.29. The van der Waals surface area contributed by atoms with E-state index in [1.165, 1.54) is 6.20 Å². The Morgan fingerprint density at radius 2 is 1.86 bits per heavy atom. The maximum atomic E-state index is 12.6. The lowest BCUT2D eigenvalue weighted by Crippen LogP contribution is -2.37. The third-order valence-corrected chi connectivity index (χ3v) is 4.73. The number of carbonyl (C=O) groups excluding carboxylic acids is 1. The maximum absolute atomic E-state index is 12.6. The SMILES string of the molecule is COc1ccc(CN2CCCN(C(=O)Cn3ccc(C(F)(F)F)n3)CC2)cc1. The molecule has 28 heavy (non-hydrogen) atoms. The Morgan fingerprint density at radius 1 is 1.11 bits per heavy atom. The van der Waals surface area contributed by atoms with Crippen LogP contribution in [0.5, 0.6) is 5.75 Å². The van der Waals surface area contributed by atoms with Crippen molar-refractivity contribution in [1.29, 1.82) is 0 Å². The molecule has 1 aliphatic heterocycles. The zero-order chi connectivity index (χ0) is 20.1. The Balaban J connectivity index is 1.52. The highest BCUT2D eigenvalue weighted by Gasteiger charge is 2.33. The number of benzene rings is 1. The van der Waals surface area contributed by atoms with Crippen LogP contribution in [-0.4, -0.2) is 58.8 Å². The van der Waals surface area contributed by atoms with Gasteiger partial charge < -0.3 is 9.64 Å². The van der Waals surface area contributed by atoms with Gasteiger partial charge in [-0.25, -0.2) is 0 Å². The van der Waals surface area contributed by atoms with Crippen LogP contribution in [-0.2, 0) is 24.1 Å². The van der Waals surface area contributed by atoms with E-state index in [-0.39, 0.29) is 12.5 Å². The minimum atomic E-state index is -4.50. The third-order valence-electron chi connectivity index (χ3n) is 4.73. The highest BCUT2D eigenvalue weighted by Crippen LogP contribution is 2.27. The zero-order valence-corrected chi connectivity index (χ0v) is 15.7. The van der Waals surface area contributed by atoms with Crippen LogP contribution < -0.4 is 4.74 Å². The predicted molar refractivity (Wildman–Crippen MR) is 96.7 cm³/mol. The molecule has 0 unspecified atom stereocenters. The Morgan fingerprint density at radius 3 is 2.50 bits per heavy atom. The summed E-state index contributed by atoms with van der Waals surface area (Å²) >= 11 is 0. The van der Waals surface area contributed by atoms with E-state index in [4.69, 9.17) is 4.74 Å². The Kier molecular flexibility index (Phi) is 6.23. The summed E-state index contributed by atoms with van der Waals surface area (Å²) in [5, 5.41) is 3.45. The van der Waals surface area contributed by atoms with Gasteiger partial charge >= 0.3 is 6.18 Å². The van der Waals surface area contributed by atoms with Gasteiger partial charge in [0.25, 0.3) is 0 Å². The van der Waals surface area contributed by atoms with Crippen LogP contribution in [0.25, 0.3) is 0 Å². The fourth-order valence-corrected chi connectivity index (χ4v) is 3.21. The first-order valence-corrected chi connectivity index (χ1v) is 9.09. The second kappa shape index (κ2) is 8.64. The summed E-state index contributed by atoms with van der Waals surface area (Å²) in [4.78, 5) is 16.4. The summed E-state index contributed by atoms with van der Waals surface area (Å²) in [6.07, 6.45) is -2.50. The number of rotatable bonds is 5. The Labute approximate surface area is 161 Å². The molecule has 152 valence electrons. The molecule has 2 heterocycles. The van der Waals surface area contributed by atoms with Crippen LogP contribution in [0, 0.1) is 0 Å². The molecule has 3 rings (SSSR count). The minimum absolute atomic E-state index is 0.186. The van der Waals surface area contributed by atoms with Gasteiger partial charge in [0.2, 0.25) is 5.91 Å². The van der Waals surface area contributed by atoms with Gasteiger partial charge in [0.15, 0.2) is 5.69 Å². The Bertz CT molecular complexity index is 789. The highest BCUT2D eigenvalue weighted by atomic mass is 19.4. The first kappa shape index (κ1) is 20.2. The molecule has 1 amide bonds. The molecular formula is C19H23F3N4O2. The molecule has 0 saturated carbocycles. The van der Waals surface area contributed by atoms with Gasteiger partial charge in [-0.1, -0.05) is 12.1 Å². The van der Waals surface area contributed by atoms with E-state index in [9.17, 15) is 18.0 Å². The van der Waals surface area contributed by atoms with Crippen LogP contribution in [0.3, 0.4) is 0 Å². The second-order valence-electron chi connectivity index (χ2n) is 6.75. The number of nitrogens with zero attached hydrogens (tertiary/aromatic N) is 4. The number of halogens is 3. The average molecular weight is 396 g/mol. The van der Waals surface area contributed by atoms with Gasteiger partial charge in [-0.05, 0) is 30.2 Å². The minimum Gasteiger partial charge on any atom is -0.497 e. The molecule has 0 radical (unpaired) electrons. The van der Waals surface area contributed by atoms with Crippen molar-refractivity contribution in [1.82, 2.24) is 19.6 Å². The monoisotopic (exact) mass is 396 g/mol. The number of methoxy groups -OCH3 is 1. The Hall–Kier alpha value is -2.55. The first-order valence-electron chi connectivity index (χ1n) is 9.09. The number of aromatic nitrogens is 2. The summed E-state index contributed by atoms with van der Waals surface area (Å²) in [6, 6.07) is 8.75. The van der Waals surface area contributed by atoms with Crippen molar-refractivity contribution in [3.05, 3.63) is 47.8 Å². The molecule has 2 aromatic rings. The average Bonchev–Trinajstić information content (AvgIpc) is 3.01. The van der Waals surface area contributed by atoms with E-state index < -0.39 is 11.9 Å². The standard InChI is InChI=1S/C19H23F3N4O2/c1-28-16-5-3-15(4-6-16)13-24-8-2-9-25(12-11-24)18(27)14-26-10-7-17(23-26)19(20,21)22/h3-7,10H,2,8-9,11-14H2,1H3. The lowest BCUT2D eigenvalue weighted by molar-refractivity contribution is -0.142. The summed E-state index contributed by atoms with van der Waals surface area (Å²) < 4.78 is 44.1. The fraction of sp³-hybridized carbons (Fsp3) is 0.474. The topological polar surface area (TPSA) is 50.6 Å². The van der Waals surface area contributed by atoms with E-state index >= 15 is 0 Å². The van der Waals surface area contributed by atoms with Crippen molar-refractivity contribution in [3.8, 4) is 5.75 Å². The van der Waals surface area contributed by atoms with E-state index in [1.807, 2.05) is 24.3 Å². The molecule has 0 N–H and O–H groups in total. The van der Waals surface area contributed by atoms with Crippen molar-refractivity contribution in [3.63, 3.8) is 0 Å². The molecule has 1 aliphatic rings. The third kappa shape index (κ3) is 5.25. The van der Waals surface area contributed by atoms with Gasteiger partial charge in [-0.2, -0.15) is 18.3 Å². The fourth-order valence-electron chi connectivity index (χ4n) is 3.21. The molecular weight excluding hydrogens is 373 g/mol. The van der Waals surface area contributed by atoms with Gasteiger partial charge in [0.05, 0.1) is 7.11 Å². The van der Waals surface area contributed by atoms with E-state index in [2.05, 4.69) is 10.00 Å². The molecule has 1 fully saturated rings. The van der Waals surface area contributed by atoms with Gasteiger partial charge in [-0.3, -0.25) is 14.4 Å². The number of hydrogen-bond acceptors (Lipinski definition) is 4. The summed E-state index contributed by atoms with van der Waals surface area (Å²) in [7, 11) is 1.63. The second-order valence-corrected chi connectivity index (χ2v) is 6.75. The van der Waals surface area contributed by atoms with E-state index in [0.717, 1.165) is 41.6 Å². The first-order chi connectivity index (χ1) is 13.3. The molecule has 0 atom stereocenters. The lowest BCUT2D eigenvalue weighted by atomic mass is 10.2. The molecule has 1 aromatic carbocycles. The van der Waals surface area contributed by atoms with Crippen molar-refractivity contribution in [2.45, 2.75) is 25.7 Å². The molecule has 9 heteroatoms. The van der Waals surface area contributed by atoms with Crippen molar-refractivity contribution >= 4 is 5.91 Å². The summed E-state index contributed by atoms with van der Waals surface area (Å²) in [5.74, 6) is 0.590. The lowest BCUT2D eigenvalue weighted by Gasteiger charge is -2.22. The molecule has 0 spiro atoms. The largest absolute Gasteiger partial charge is 0.497 e. The van der Waals surface area contributed by atoms with Crippen molar-refractivity contribution in [2.75, 3.05) is 33.3 Å². The normalized spacial score (nSPS) is 16.1. The molecule has 6 nitrogen and oxygen atoms in total. The van der Waals surface area contributed by atoms with Crippen LogP contribution in [0.1, 0.15) is 17.7 Å². The zero-order valence-electron chi connectivity index (χ0n) is 15.7. The quantitative estimate of drug-likeness (QED) is 0.780. The van der Waals surface area contributed by atoms with Crippen molar-refractivity contribution in [2.24, 2.45) is 0 Å². The number of hydrogen-bond donors (Lipinski definition) is 0. The van der Waals surface area contributed by atoms with E-state index in [0.29, 0.717) is 19.6 Å². The number of carbonyl (C=O) groups is 1.